The van der Waals surface area contributed by atoms with Crippen LogP contribution in [-0.4, -0.2) is 42.0 Å². The Balaban J connectivity index is 1.66. The van der Waals surface area contributed by atoms with Gasteiger partial charge in [0.05, 0.1) is 19.3 Å². The monoisotopic (exact) mass is 399 g/mol. The number of nitrogens with zero attached hydrogens (tertiary/aromatic N) is 2. The number of anilines is 1. The molecule has 2 aromatic carbocycles. The molecule has 1 heterocycles. The molecule has 2 amide bonds. The van der Waals surface area contributed by atoms with Gasteiger partial charge in [-0.25, -0.2) is 0 Å². The lowest BCUT2D eigenvalue weighted by molar-refractivity contribution is -0.133. The third-order valence-corrected chi connectivity index (χ3v) is 4.79. The van der Waals surface area contributed by atoms with Gasteiger partial charge in [-0.2, -0.15) is 0 Å². The van der Waals surface area contributed by atoms with E-state index in [0.29, 0.717) is 16.5 Å². The Bertz CT molecular complexity index is 1030. The van der Waals surface area contributed by atoms with Crippen molar-refractivity contribution in [3.63, 3.8) is 0 Å². The Morgan fingerprint density at radius 3 is 2.68 bits per heavy atom. The molecule has 0 radical (unpaired) electrons. The van der Waals surface area contributed by atoms with Crippen LogP contribution in [0.2, 0.25) is 5.02 Å². The molecule has 0 unspecified atom stereocenters. The maximum atomic E-state index is 12.7. The first-order valence-electron chi connectivity index (χ1n) is 8.81. The molecule has 1 N–H and O–H groups in total. The summed E-state index contributed by atoms with van der Waals surface area (Å²) < 4.78 is 7.17. The second-order valence-corrected chi connectivity index (χ2v) is 7.01. The van der Waals surface area contributed by atoms with Gasteiger partial charge in [-0.3, -0.25) is 9.59 Å². The molecule has 6 nitrogen and oxygen atoms in total. The molecule has 0 spiro atoms. The van der Waals surface area contributed by atoms with Crippen molar-refractivity contribution < 1.29 is 14.3 Å². The maximum absolute atomic E-state index is 12.7. The summed E-state index contributed by atoms with van der Waals surface area (Å²) >= 11 is 5.98. The molecule has 28 heavy (non-hydrogen) atoms. The number of aryl methyl sites for hydroxylation is 1. The summed E-state index contributed by atoms with van der Waals surface area (Å²) in [6, 6.07) is 14.9. The normalized spacial score (nSPS) is 10.7. The molecule has 0 aliphatic rings. The van der Waals surface area contributed by atoms with Crippen LogP contribution in [0.3, 0.4) is 0 Å². The minimum absolute atomic E-state index is 0.0766. The Morgan fingerprint density at radius 1 is 1.18 bits per heavy atom. The second-order valence-electron chi connectivity index (χ2n) is 6.57. The van der Waals surface area contributed by atoms with Crippen molar-refractivity contribution in [3.8, 4) is 5.75 Å². The van der Waals surface area contributed by atoms with Crippen LogP contribution in [-0.2, 0) is 16.1 Å². The number of carbonyl (C=O) groups is 2. The zero-order chi connectivity index (χ0) is 20.3. The number of amides is 2. The molecule has 146 valence electrons. The molecule has 0 aliphatic heterocycles. The summed E-state index contributed by atoms with van der Waals surface area (Å²) in [7, 11) is 3.12. The van der Waals surface area contributed by atoms with Crippen molar-refractivity contribution in [2.45, 2.75) is 13.5 Å². The number of benzene rings is 2. The van der Waals surface area contributed by atoms with Gasteiger partial charge in [0.25, 0.3) is 0 Å². The van der Waals surface area contributed by atoms with Gasteiger partial charge in [0.2, 0.25) is 11.8 Å². The molecular weight excluding hydrogens is 378 g/mol. The van der Waals surface area contributed by atoms with Gasteiger partial charge in [0, 0.05) is 23.3 Å². The highest BCUT2D eigenvalue weighted by atomic mass is 35.5. The molecule has 0 saturated heterocycles. The fourth-order valence-corrected chi connectivity index (χ4v) is 3.26. The number of hydrogen-bond donors (Lipinski definition) is 1. The standard InChI is InChI=1S/C21H22ClN3O3/c1-14-10-15-6-4-5-7-18(15)25(14)13-21(27)24(2)12-20(26)23-17-11-16(22)8-9-19(17)28-3/h4-11H,12-13H2,1-3H3,(H,23,26). The van der Waals surface area contributed by atoms with Crippen molar-refractivity contribution in [2.24, 2.45) is 0 Å². The van der Waals surface area contributed by atoms with E-state index in [4.69, 9.17) is 16.3 Å². The molecule has 0 aliphatic carbocycles. The third kappa shape index (κ3) is 4.28. The van der Waals surface area contributed by atoms with Gasteiger partial charge < -0.3 is 19.5 Å². The van der Waals surface area contributed by atoms with Crippen LogP contribution in [0.15, 0.2) is 48.5 Å². The van der Waals surface area contributed by atoms with E-state index < -0.39 is 0 Å². The predicted octanol–water partition coefficient (Wildman–Crippen LogP) is 3.71. The number of likely N-dealkylation sites (N-methyl/N-ethyl adjacent to an activating group) is 1. The molecule has 0 bridgehead atoms. The number of rotatable bonds is 6. The van der Waals surface area contributed by atoms with Crippen LogP contribution in [0, 0.1) is 6.92 Å². The fourth-order valence-electron chi connectivity index (χ4n) is 3.09. The van der Waals surface area contributed by atoms with Gasteiger partial charge in [-0.15, -0.1) is 0 Å². The van der Waals surface area contributed by atoms with Crippen LogP contribution < -0.4 is 10.1 Å². The van der Waals surface area contributed by atoms with E-state index in [0.717, 1.165) is 16.6 Å². The van der Waals surface area contributed by atoms with E-state index in [2.05, 4.69) is 5.32 Å². The number of halogens is 1. The number of para-hydroxylation sites is 1. The predicted molar refractivity (Wildman–Crippen MR) is 111 cm³/mol. The van der Waals surface area contributed by atoms with Crippen molar-refractivity contribution in [1.29, 1.82) is 0 Å². The largest absolute Gasteiger partial charge is 0.495 e. The van der Waals surface area contributed by atoms with Crippen molar-refractivity contribution in [2.75, 3.05) is 26.0 Å². The first kappa shape index (κ1) is 19.8. The average molecular weight is 400 g/mol. The summed E-state index contributed by atoms with van der Waals surface area (Å²) in [6.07, 6.45) is 0. The van der Waals surface area contributed by atoms with E-state index in [1.807, 2.05) is 41.8 Å². The zero-order valence-electron chi connectivity index (χ0n) is 16.0. The van der Waals surface area contributed by atoms with Crippen molar-refractivity contribution >= 4 is 40.0 Å². The van der Waals surface area contributed by atoms with Gasteiger partial charge in [-0.05, 0) is 42.6 Å². The number of carbonyl (C=O) groups excluding carboxylic acids is 2. The zero-order valence-corrected chi connectivity index (χ0v) is 16.8. The van der Waals surface area contributed by atoms with Gasteiger partial charge >= 0.3 is 0 Å². The summed E-state index contributed by atoms with van der Waals surface area (Å²) in [6.45, 7) is 2.06. The van der Waals surface area contributed by atoms with E-state index in [1.165, 1.54) is 12.0 Å². The average Bonchev–Trinajstić information content (AvgIpc) is 2.97. The maximum Gasteiger partial charge on any atom is 0.244 e. The first-order chi connectivity index (χ1) is 13.4. The molecule has 0 fully saturated rings. The summed E-state index contributed by atoms with van der Waals surface area (Å²) in [5.41, 5.74) is 2.46. The van der Waals surface area contributed by atoms with Gasteiger partial charge in [-0.1, -0.05) is 29.8 Å². The number of nitrogens with one attached hydrogen (secondary N) is 1. The summed E-state index contributed by atoms with van der Waals surface area (Å²) in [5, 5.41) is 4.31. The number of hydrogen-bond acceptors (Lipinski definition) is 3. The first-order valence-corrected chi connectivity index (χ1v) is 9.19. The van der Waals surface area contributed by atoms with Crippen molar-refractivity contribution in [3.05, 3.63) is 59.2 Å². The lowest BCUT2D eigenvalue weighted by Crippen LogP contribution is -2.37. The quantitative estimate of drug-likeness (QED) is 0.687. The molecule has 3 aromatic rings. The molecule has 0 saturated carbocycles. The van der Waals surface area contributed by atoms with Gasteiger partial charge in [0.1, 0.15) is 12.3 Å². The number of methoxy groups -OCH3 is 1. The molecule has 3 rings (SSSR count). The Labute approximate surface area is 168 Å². The highest BCUT2D eigenvalue weighted by Gasteiger charge is 2.17. The van der Waals surface area contributed by atoms with Crippen LogP contribution in [0.5, 0.6) is 5.75 Å². The number of fused-ring (bicyclic) bond motifs is 1. The van der Waals surface area contributed by atoms with Crippen LogP contribution >= 0.6 is 11.6 Å². The van der Waals surface area contributed by atoms with E-state index in [1.54, 1.807) is 25.2 Å². The Morgan fingerprint density at radius 2 is 1.93 bits per heavy atom. The van der Waals surface area contributed by atoms with E-state index >= 15 is 0 Å². The van der Waals surface area contributed by atoms with E-state index in [9.17, 15) is 9.59 Å². The topological polar surface area (TPSA) is 63.6 Å². The van der Waals surface area contributed by atoms with E-state index in [-0.39, 0.29) is 24.9 Å². The fraction of sp³-hybridized carbons (Fsp3) is 0.238. The SMILES string of the molecule is COc1ccc(Cl)cc1NC(=O)CN(C)C(=O)Cn1c(C)cc2ccccc21. The van der Waals surface area contributed by atoms with Gasteiger partial charge in [0.15, 0.2) is 0 Å². The smallest absolute Gasteiger partial charge is 0.244 e. The molecular formula is C21H22ClN3O3. The van der Waals surface area contributed by atoms with Crippen LogP contribution in [0.1, 0.15) is 5.69 Å². The van der Waals surface area contributed by atoms with Crippen LogP contribution in [0.4, 0.5) is 5.69 Å². The third-order valence-electron chi connectivity index (χ3n) is 4.55. The molecule has 1 aromatic heterocycles. The molecule has 7 heteroatoms. The highest BCUT2D eigenvalue weighted by Crippen LogP contribution is 2.27. The Kier molecular flexibility index (Phi) is 5.90. The number of aromatic nitrogens is 1. The summed E-state index contributed by atoms with van der Waals surface area (Å²) in [5.74, 6) is 0.0179. The lowest BCUT2D eigenvalue weighted by atomic mass is 10.2. The number of ether oxygens (including phenoxy) is 1. The lowest BCUT2D eigenvalue weighted by Gasteiger charge is -2.19. The second kappa shape index (κ2) is 8.35. The minimum Gasteiger partial charge on any atom is -0.495 e. The minimum atomic E-state index is -0.328. The Hall–Kier alpha value is -2.99. The highest BCUT2D eigenvalue weighted by molar-refractivity contribution is 6.31. The summed E-state index contributed by atoms with van der Waals surface area (Å²) in [4.78, 5) is 26.4. The molecule has 0 atom stereocenters. The van der Waals surface area contributed by atoms with Crippen LogP contribution in [0.25, 0.3) is 10.9 Å². The van der Waals surface area contributed by atoms with Crippen molar-refractivity contribution in [1.82, 2.24) is 9.47 Å².